The number of aliphatic hydroxyl groups excluding tert-OH is 1. The molecule has 0 amide bonds. The van der Waals surface area contributed by atoms with Crippen molar-refractivity contribution >= 4 is 0 Å². The number of benzene rings is 1. The second-order valence-corrected chi connectivity index (χ2v) is 3.92. The minimum absolute atomic E-state index is 0.0455. The van der Waals surface area contributed by atoms with E-state index in [1.54, 1.807) is 0 Å². The van der Waals surface area contributed by atoms with Gasteiger partial charge in [0.2, 0.25) is 0 Å². The highest BCUT2D eigenvalue weighted by Gasteiger charge is 2.27. The van der Waals surface area contributed by atoms with Gasteiger partial charge in [0.1, 0.15) is 0 Å². The van der Waals surface area contributed by atoms with Crippen LogP contribution in [0.15, 0.2) is 24.3 Å². The maximum absolute atomic E-state index is 9.18. The first-order valence-electron chi connectivity index (χ1n) is 5.06. The van der Waals surface area contributed by atoms with Gasteiger partial charge in [-0.2, -0.15) is 0 Å². The van der Waals surface area contributed by atoms with Gasteiger partial charge in [-0.15, -0.1) is 0 Å². The molecule has 1 aromatic carbocycles. The van der Waals surface area contributed by atoms with Crippen molar-refractivity contribution in [1.29, 1.82) is 0 Å². The summed E-state index contributed by atoms with van der Waals surface area (Å²) < 4.78 is 0. The number of aryl methyl sites for hydroxylation is 1. The van der Waals surface area contributed by atoms with Gasteiger partial charge in [-0.25, -0.2) is 0 Å². The molecular formula is C12H16O. The molecule has 1 aliphatic carbocycles. The Kier molecular flexibility index (Phi) is 2.36. The summed E-state index contributed by atoms with van der Waals surface area (Å²) >= 11 is 0. The van der Waals surface area contributed by atoms with Gasteiger partial charge in [-0.1, -0.05) is 31.2 Å². The molecule has 70 valence electrons. The van der Waals surface area contributed by atoms with Crippen LogP contribution in [-0.4, -0.2) is 11.2 Å². The van der Waals surface area contributed by atoms with Crippen LogP contribution in [0.3, 0.4) is 0 Å². The van der Waals surface area contributed by atoms with E-state index in [4.69, 9.17) is 0 Å². The third-order valence-electron chi connectivity index (χ3n) is 2.97. The van der Waals surface area contributed by atoms with E-state index in [2.05, 4.69) is 31.2 Å². The van der Waals surface area contributed by atoms with E-state index in [9.17, 15) is 5.11 Å². The standard InChI is InChI=1S/C12H16O/c1-2-9-3-5-10(6-4-9)11-7-12(13)8-11/h3-6,11-13H,2,7-8H2,1H3/t11-,12+. The lowest BCUT2D eigenvalue weighted by molar-refractivity contribution is 0.0746. The van der Waals surface area contributed by atoms with Gasteiger partial charge in [0.15, 0.2) is 0 Å². The molecular weight excluding hydrogens is 160 g/mol. The first-order chi connectivity index (χ1) is 6.29. The molecule has 1 fully saturated rings. The van der Waals surface area contributed by atoms with E-state index in [1.165, 1.54) is 11.1 Å². The summed E-state index contributed by atoms with van der Waals surface area (Å²) in [6.07, 6.45) is 2.96. The average Bonchev–Trinajstić information content (AvgIpc) is 2.13. The Bertz CT molecular complexity index is 270. The van der Waals surface area contributed by atoms with Crippen molar-refractivity contribution in [3.05, 3.63) is 35.4 Å². The quantitative estimate of drug-likeness (QED) is 0.734. The van der Waals surface area contributed by atoms with E-state index >= 15 is 0 Å². The lowest BCUT2D eigenvalue weighted by Crippen LogP contribution is -2.26. The summed E-state index contributed by atoms with van der Waals surface area (Å²) in [4.78, 5) is 0. The first-order valence-corrected chi connectivity index (χ1v) is 5.06. The molecule has 13 heavy (non-hydrogen) atoms. The van der Waals surface area contributed by atoms with Gasteiger partial charge < -0.3 is 5.11 Å². The van der Waals surface area contributed by atoms with Gasteiger partial charge in [-0.3, -0.25) is 0 Å². The SMILES string of the molecule is CCc1ccc([C@H]2C[C@@H](O)C2)cc1. The minimum atomic E-state index is -0.0455. The fraction of sp³-hybridized carbons (Fsp3) is 0.500. The smallest absolute Gasteiger partial charge is 0.0552 e. The van der Waals surface area contributed by atoms with Crippen molar-refractivity contribution < 1.29 is 5.11 Å². The van der Waals surface area contributed by atoms with Crippen molar-refractivity contribution in [2.75, 3.05) is 0 Å². The largest absolute Gasteiger partial charge is 0.393 e. The Labute approximate surface area is 79.4 Å². The number of hydrogen-bond donors (Lipinski definition) is 1. The van der Waals surface area contributed by atoms with Crippen LogP contribution in [0.2, 0.25) is 0 Å². The van der Waals surface area contributed by atoms with E-state index in [0.29, 0.717) is 5.92 Å². The van der Waals surface area contributed by atoms with Crippen molar-refractivity contribution in [2.24, 2.45) is 0 Å². The van der Waals surface area contributed by atoms with Crippen LogP contribution in [0.1, 0.15) is 36.8 Å². The average molecular weight is 176 g/mol. The summed E-state index contributed by atoms with van der Waals surface area (Å²) in [5.74, 6) is 0.612. The van der Waals surface area contributed by atoms with Gasteiger partial charge in [-0.05, 0) is 36.3 Å². The zero-order chi connectivity index (χ0) is 9.26. The van der Waals surface area contributed by atoms with Gasteiger partial charge >= 0.3 is 0 Å². The highest BCUT2D eigenvalue weighted by Crippen LogP contribution is 2.36. The third-order valence-corrected chi connectivity index (χ3v) is 2.97. The molecule has 1 aliphatic rings. The van der Waals surface area contributed by atoms with Crippen molar-refractivity contribution in [2.45, 2.75) is 38.2 Å². The zero-order valence-electron chi connectivity index (χ0n) is 8.03. The van der Waals surface area contributed by atoms with Crippen LogP contribution in [0.25, 0.3) is 0 Å². The van der Waals surface area contributed by atoms with Crippen LogP contribution >= 0.6 is 0 Å². The highest BCUT2D eigenvalue weighted by molar-refractivity contribution is 5.27. The Hall–Kier alpha value is -0.820. The molecule has 1 aromatic rings. The fourth-order valence-electron chi connectivity index (χ4n) is 1.89. The fourth-order valence-corrected chi connectivity index (χ4v) is 1.89. The molecule has 1 nitrogen and oxygen atoms in total. The Morgan fingerprint density at radius 1 is 1.23 bits per heavy atom. The van der Waals surface area contributed by atoms with E-state index in [-0.39, 0.29) is 6.10 Å². The first kappa shape index (κ1) is 8.76. The molecule has 0 aliphatic heterocycles. The molecule has 0 heterocycles. The molecule has 1 saturated carbocycles. The summed E-state index contributed by atoms with van der Waals surface area (Å²) in [5, 5.41) is 9.18. The van der Waals surface area contributed by atoms with E-state index < -0.39 is 0 Å². The maximum atomic E-state index is 9.18. The van der Waals surface area contributed by atoms with Crippen LogP contribution < -0.4 is 0 Å². The maximum Gasteiger partial charge on any atom is 0.0552 e. The topological polar surface area (TPSA) is 20.2 Å². The van der Waals surface area contributed by atoms with Crippen LogP contribution in [-0.2, 0) is 6.42 Å². The number of rotatable bonds is 2. The van der Waals surface area contributed by atoms with Gasteiger partial charge in [0.25, 0.3) is 0 Å². The molecule has 0 unspecified atom stereocenters. The van der Waals surface area contributed by atoms with E-state index in [0.717, 1.165) is 19.3 Å². The molecule has 0 bridgehead atoms. The number of hydrogen-bond acceptors (Lipinski definition) is 1. The van der Waals surface area contributed by atoms with Gasteiger partial charge in [0.05, 0.1) is 6.10 Å². The molecule has 0 spiro atoms. The monoisotopic (exact) mass is 176 g/mol. The zero-order valence-corrected chi connectivity index (χ0v) is 8.03. The molecule has 0 aromatic heterocycles. The minimum Gasteiger partial charge on any atom is -0.393 e. The van der Waals surface area contributed by atoms with Crippen molar-refractivity contribution in [1.82, 2.24) is 0 Å². The Morgan fingerprint density at radius 3 is 2.31 bits per heavy atom. The predicted molar refractivity (Wildman–Crippen MR) is 53.8 cm³/mol. The Morgan fingerprint density at radius 2 is 1.85 bits per heavy atom. The molecule has 1 N–H and O–H groups in total. The predicted octanol–water partition coefficient (Wildman–Crippen LogP) is 2.49. The summed E-state index contributed by atoms with van der Waals surface area (Å²) in [7, 11) is 0. The summed E-state index contributed by atoms with van der Waals surface area (Å²) in [6, 6.07) is 8.80. The van der Waals surface area contributed by atoms with E-state index in [1.807, 2.05) is 0 Å². The van der Waals surface area contributed by atoms with Crippen molar-refractivity contribution in [3.8, 4) is 0 Å². The van der Waals surface area contributed by atoms with Crippen LogP contribution in [0, 0.1) is 0 Å². The lowest BCUT2D eigenvalue weighted by Gasteiger charge is -2.31. The Balaban J connectivity index is 2.06. The molecule has 0 radical (unpaired) electrons. The third kappa shape index (κ3) is 1.75. The molecule has 2 rings (SSSR count). The van der Waals surface area contributed by atoms with Gasteiger partial charge in [0, 0.05) is 0 Å². The van der Waals surface area contributed by atoms with Crippen LogP contribution in [0.5, 0.6) is 0 Å². The second kappa shape index (κ2) is 3.51. The lowest BCUT2D eigenvalue weighted by atomic mass is 9.77. The number of aliphatic hydroxyl groups is 1. The molecule has 0 atom stereocenters. The molecule has 0 saturated heterocycles. The van der Waals surface area contributed by atoms with Crippen molar-refractivity contribution in [3.63, 3.8) is 0 Å². The normalized spacial score (nSPS) is 26.9. The summed E-state index contributed by atoms with van der Waals surface area (Å²) in [5.41, 5.74) is 2.78. The van der Waals surface area contributed by atoms with Crippen LogP contribution in [0.4, 0.5) is 0 Å². The summed E-state index contributed by atoms with van der Waals surface area (Å²) in [6.45, 7) is 2.17. The highest BCUT2D eigenvalue weighted by atomic mass is 16.3. The molecule has 1 heteroatoms. The second-order valence-electron chi connectivity index (χ2n) is 3.92.